The molecular weight excluding hydrogens is 270 g/mol. The zero-order valence-corrected chi connectivity index (χ0v) is 11.1. The highest BCUT2D eigenvalue weighted by molar-refractivity contribution is 9.10. The van der Waals surface area contributed by atoms with Gasteiger partial charge in [-0.2, -0.15) is 0 Å². The maximum atomic E-state index is 11.2. The van der Waals surface area contributed by atoms with Crippen molar-refractivity contribution in [3.63, 3.8) is 0 Å². The summed E-state index contributed by atoms with van der Waals surface area (Å²) in [7, 11) is 0. The van der Waals surface area contributed by atoms with Crippen LogP contribution in [0.4, 0.5) is 0 Å². The summed E-state index contributed by atoms with van der Waals surface area (Å²) < 4.78 is 5.89. The van der Waals surface area contributed by atoms with Crippen LogP contribution in [0.2, 0.25) is 0 Å². The lowest BCUT2D eigenvalue weighted by Gasteiger charge is -2.15. The first kappa shape index (κ1) is 13.2. The molecule has 1 atom stereocenters. The van der Waals surface area contributed by atoms with Crippen LogP contribution < -0.4 is 5.32 Å². The minimum Gasteiger partial charge on any atom is -0.465 e. The van der Waals surface area contributed by atoms with Gasteiger partial charge in [-0.05, 0) is 25.5 Å². The monoisotopic (exact) mass is 285 g/mol. The van der Waals surface area contributed by atoms with Crippen molar-refractivity contribution >= 4 is 21.9 Å². The summed E-state index contributed by atoms with van der Waals surface area (Å²) in [4.78, 5) is 11.2. The average molecular weight is 286 g/mol. The Hall–Kier alpha value is -0.870. The first-order valence-corrected chi connectivity index (χ1v) is 6.08. The predicted octanol–water partition coefficient (Wildman–Crippen LogP) is 2.66. The molecule has 0 saturated carbocycles. The molecule has 0 unspecified atom stereocenters. The van der Waals surface area contributed by atoms with Gasteiger partial charge >= 0.3 is 5.97 Å². The molecule has 0 radical (unpaired) electrons. The van der Waals surface area contributed by atoms with Gasteiger partial charge in [-0.15, -0.1) is 0 Å². The Balaban J connectivity index is 2.50. The van der Waals surface area contributed by atoms with Crippen molar-refractivity contribution in [2.45, 2.75) is 19.9 Å². The zero-order chi connectivity index (χ0) is 12.0. The summed E-state index contributed by atoms with van der Waals surface area (Å²) in [6, 6.07) is 8.05. The highest BCUT2D eigenvalue weighted by Gasteiger charge is 2.10. The van der Waals surface area contributed by atoms with Crippen molar-refractivity contribution in [1.82, 2.24) is 5.32 Å². The summed E-state index contributed by atoms with van der Waals surface area (Å²) >= 11 is 3.48. The quantitative estimate of drug-likeness (QED) is 0.846. The molecule has 4 heteroatoms. The number of hydrogen-bond acceptors (Lipinski definition) is 3. The van der Waals surface area contributed by atoms with E-state index in [-0.39, 0.29) is 18.6 Å². The number of benzene rings is 1. The third-order valence-corrected chi connectivity index (χ3v) is 2.95. The second-order valence-electron chi connectivity index (χ2n) is 3.43. The van der Waals surface area contributed by atoms with E-state index < -0.39 is 0 Å². The van der Waals surface area contributed by atoms with Gasteiger partial charge in [0.05, 0.1) is 13.2 Å². The molecular formula is C12H16BrNO2. The van der Waals surface area contributed by atoms with Gasteiger partial charge < -0.3 is 10.1 Å². The lowest BCUT2D eigenvalue weighted by Crippen LogP contribution is -2.27. The van der Waals surface area contributed by atoms with Crippen LogP contribution in [0.15, 0.2) is 28.7 Å². The molecule has 0 aliphatic carbocycles. The number of ether oxygens (including phenoxy) is 1. The Morgan fingerprint density at radius 3 is 2.81 bits per heavy atom. The van der Waals surface area contributed by atoms with Crippen LogP contribution in [0.5, 0.6) is 0 Å². The van der Waals surface area contributed by atoms with Gasteiger partial charge in [0.2, 0.25) is 0 Å². The largest absolute Gasteiger partial charge is 0.465 e. The van der Waals surface area contributed by atoms with E-state index >= 15 is 0 Å². The molecule has 0 aromatic heterocycles. The van der Waals surface area contributed by atoms with Crippen molar-refractivity contribution < 1.29 is 9.53 Å². The Morgan fingerprint density at radius 2 is 2.19 bits per heavy atom. The molecule has 1 rings (SSSR count). The van der Waals surface area contributed by atoms with Gasteiger partial charge in [0.1, 0.15) is 0 Å². The number of esters is 1. The summed E-state index contributed by atoms with van der Waals surface area (Å²) in [6.45, 7) is 4.47. The number of halogens is 1. The lowest BCUT2D eigenvalue weighted by atomic mass is 10.1. The number of rotatable bonds is 5. The van der Waals surface area contributed by atoms with E-state index in [1.54, 1.807) is 6.92 Å². The van der Waals surface area contributed by atoms with E-state index in [4.69, 9.17) is 4.74 Å². The van der Waals surface area contributed by atoms with Crippen molar-refractivity contribution in [2.24, 2.45) is 0 Å². The number of carbonyl (C=O) groups excluding carboxylic acids is 1. The highest BCUT2D eigenvalue weighted by Crippen LogP contribution is 2.22. The van der Waals surface area contributed by atoms with Crippen molar-refractivity contribution in [2.75, 3.05) is 13.2 Å². The van der Waals surface area contributed by atoms with Gasteiger partial charge in [0.25, 0.3) is 0 Å². The van der Waals surface area contributed by atoms with E-state index in [1.165, 1.54) is 0 Å². The molecule has 0 aliphatic heterocycles. The molecule has 88 valence electrons. The SMILES string of the molecule is CCOC(=O)CN[C@@H](C)c1ccccc1Br. The second kappa shape index (κ2) is 6.66. The maximum absolute atomic E-state index is 11.2. The molecule has 1 aromatic carbocycles. The predicted molar refractivity (Wildman–Crippen MR) is 67.2 cm³/mol. The summed E-state index contributed by atoms with van der Waals surface area (Å²) in [6.07, 6.45) is 0. The Labute approximate surface area is 104 Å². The smallest absolute Gasteiger partial charge is 0.319 e. The van der Waals surface area contributed by atoms with Crippen LogP contribution in [0.1, 0.15) is 25.5 Å². The summed E-state index contributed by atoms with van der Waals surface area (Å²) in [5.74, 6) is -0.221. The first-order valence-electron chi connectivity index (χ1n) is 5.28. The third kappa shape index (κ3) is 3.94. The van der Waals surface area contributed by atoms with Gasteiger partial charge in [0, 0.05) is 10.5 Å². The molecule has 3 nitrogen and oxygen atoms in total. The van der Waals surface area contributed by atoms with Crippen molar-refractivity contribution in [3.8, 4) is 0 Å². The normalized spacial score (nSPS) is 12.2. The van der Waals surface area contributed by atoms with Crippen LogP contribution in [-0.2, 0) is 9.53 Å². The average Bonchev–Trinajstić information content (AvgIpc) is 2.27. The number of nitrogens with one attached hydrogen (secondary N) is 1. The molecule has 0 bridgehead atoms. The van der Waals surface area contributed by atoms with Crippen molar-refractivity contribution in [1.29, 1.82) is 0 Å². The molecule has 0 heterocycles. The molecule has 0 spiro atoms. The first-order chi connectivity index (χ1) is 7.65. The Bertz CT molecular complexity index is 355. The van der Waals surface area contributed by atoms with Gasteiger partial charge in [0.15, 0.2) is 0 Å². The standard InChI is InChI=1S/C12H16BrNO2/c1-3-16-12(15)8-14-9(2)10-6-4-5-7-11(10)13/h4-7,9,14H,3,8H2,1-2H3/t9-/m0/s1. The second-order valence-corrected chi connectivity index (χ2v) is 4.28. The fraction of sp³-hybridized carbons (Fsp3) is 0.417. The molecule has 0 aliphatic rings. The minimum atomic E-state index is -0.221. The van der Waals surface area contributed by atoms with E-state index in [9.17, 15) is 4.79 Å². The summed E-state index contributed by atoms with van der Waals surface area (Å²) in [5, 5.41) is 3.12. The molecule has 1 N–H and O–H groups in total. The Morgan fingerprint density at radius 1 is 1.50 bits per heavy atom. The van der Waals surface area contributed by atoms with E-state index in [1.807, 2.05) is 31.2 Å². The number of hydrogen-bond donors (Lipinski definition) is 1. The van der Waals surface area contributed by atoms with Crippen LogP contribution in [-0.4, -0.2) is 19.1 Å². The van der Waals surface area contributed by atoms with Gasteiger partial charge in [-0.25, -0.2) is 0 Å². The van der Waals surface area contributed by atoms with Gasteiger partial charge in [-0.1, -0.05) is 34.1 Å². The lowest BCUT2D eigenvalue weighted by molar-refractivity contribution is -0.142. The van der Waals surface area contributed by atoms with Crippen LogP contribution in [0, 0.1) is 0 Å². The van der Waals surface area contributed by atoms with E-state index in [2.05, 4.69) is 21.2 Å². The Kier molecular flexibility index (Phi) is 5.49. The molecule has 0 amide bonds. The van der Waals surface area contributed by atoms with Gasteiger partial charge in [-0.3, -0.25) is 4.79 Å². The minimum absolute atomic E-state index is 0.111. The van der Waals surface area contributed by atoms with Crippen LogP contribution >= 0.6 is 15.9 Å². The zero-order valence-electron chi connectivity index (χ0n) is 9.50. The molecule has 1 aromatic rings. The fourth-order valence-electron chi connectivity index (χ4n) is 1.38. The fourth-order valence-corrected chi connectivity index (χ4v) is 2.01. The molecule has 0 saturated heterocycles. The topological polar surface area (TPSA) is 38.3 Å². The van der Waals surface area contributed by atoms with Crippen molar-refractivity contribution in [3.05, 3.63) is 34.3 Å². The number of carbonyl (C=O) groups is 1. The molecule has 16 heavy (non-hydrogen) atoms. The van der Waals surface area contributed by atoms with Crippen LogP contribution in [0.3, 0.4) is 0 Å². The maximum Gasteiger partial charge on any atom is 0.319 e. The van der Waals surface area contributed by atoms with E-state index in [0.29, 0.717) is 6.61 Å². The molecule has 0 fully saturated rings. The van der Waals surface area contributed by atoms with E-state index in [0.717, 1.165) is 10.0 Å². The highest BCUT2D eigenvalue weighted by atomic mass is 79.9. The van der Waals surface area contributed by atoms with Crippen LogP contribution in [0.25, 0.3) is 0 Å². The third-order valence-electron chi connectivity index (χ3n) is 2.23. The summed E-state index contributed by atoms with van der Waals surface area (Å²) in [5.41, 5.74) is 1.13.